The molecule has 0 aliphatic carbocycles. The predicted octanol–water partition coefficient (Wildman–Crippen LogP) is 5.83. The SMILES string of the molecule is CCOC(C)OC(=O)CC(C)(c1ccc(OC(C)OCC)cc1)c1ccc(OC(C)OCC)cc1. The third-order valence-electron chi connectivity index (χ3n) is 5.59. The van der Waals surface area contributed by atoms with Crippen molar-refractivity contribution < 1.29 is 33.2 Å². The summed E-state index contributed by atoms with van der Waals surface area (Å²) in [6.07, 6.45) is -1.17. The molecule has 0 aliphatic heterocycles. The van der Waals surface area contributed by atoms with Gasteiger partial charge in [0.1, 0.15) is 11.5 Å². The Balaban J connectivity index is 2.31. The highest BCUT2D eigenvalue weighted by Gasteiger charge is 2.33. The zero-order valence-corrected chi connectivity index (χ0v) is 22.0. The highest BCUT2D eigenvalue weighted by molar-refractivity contribution is 5.73. The Kier molecular flexibility index (Phi) is 11.5. The summed E-state index contributed by atoms with van der Waals surface area (Å²) < 4.78 is 33.4. The zero-order valence-electron chi connectivity index (χ0n) is 22.0. The van der Waals surface area contributed by atoms with Gasteiger partial charge in [-0.25, -0.2) is 0 Å². The molecule has 3 atom stereocenters. The standard InChI is InChI=1S/C28H40O7/c1-8-30-20(4)33-25-15-11-23(12-16-25)28(7,19-27(29)35-22(6)32-10-3)24-13-17-26(18-14-24)34-21(5)31-9-2/h11-18,20-22H,8-10,19H2,1-7H3. The first-order valence-electron chi connectivity index (χ1n) is 12.3. The van der Waals surface area contributed by atoms with Gasteiger partial charge in [0.25, 0.3) is 0 Å². The molecule has 7 heteroatoms. The van der Waals surface area contributed by atoms with Crippen molar-refractivity contribution in [1.29, 1.82) is 0 Å². The van der Waals surface area contributed by atoms with Crippen LogP contribution in [-0.4, -0.2) is 44.7 Å². The maximum Gasteiger partial charge on any atom is 0.309 e. The second-order valence-electron chi connectivity index (χ2n) is 8.35. The lowest BCUT2D eigenvalue weighted by Crippen LogP contribution is -2.30. The minimum Gasteiger partial charge on any atom is -0.465 e. The fourth-order valence-corrected chi connectivity index (χ4v) is 3.88. The Bertz CT molecular complexity index is 822. The molecule has 0 fully saturated rings. The van der Waals surface area contributed by atoms with Gasteiger partial charge >= 0.3 is 5.97 Å². The monoisotopic (exact) mass is 488 g/mol. The summed E-state index contributed by atoms with van der Waals surface area (Å²) in [6, 6.07) is 15.4. The molecule has 0 bridgehead atoms. The number of benzene rings is 2. The van der Waals surface area contributed by atoms with E-state index in [2.05, 4.69) is 0 Å². The lowest BCUT2D eigenvalue weighted by atomic mass is 9.73. The van der Waals surface area contributed by atoms with Crippen LogP contribution in [0.1, 0.15) is 66.0 Å². The van der Waals surface area contributed by atoms with Gasteiger partial charge < -0.3 is 28.4 Å². The van der Waals surface area contributed by atoms with Crippen LogP contribution in [0.15, 0.2) is 48.5 Å². The summed E-state index contributed by atoms with van der Waals surface area (Å²) >= 11 is 0. The number of hydrogen-bond donors (Lipinski definition) is 0. The van der Waals surface area contributed by atoms with Gasteiger partial charge in [-0.3, -0.25) is 4.79 Å². The fraction of sp³-hybridized carbons (Fsp3) is 0.536. The van der Waals surface area contributed by atoms with Gasteiger partial charge in [0.15, 0.2) is 18.9 Å². The van der Waals surface area contributed by atoms with Crippen LogP contribution >= 0.6 is 0 Å². The van der Waals surface area contributed by atoms with E-state index >= 15 is 0 Å². The Morgan fingerprint density at radius 3 is 1.43 bits per heavy atom. The summed E-state index contributed by atoms with van der Waals surface area (Å²) in [5.74, 6) is 1.04. The zero-order chi connectivity index (χ0) is 25.8. The summed E-state index contributed by atoms with van der Waals surface area (Å²) in [5.41, 5.74) is 1.24. The minimum absolute atomic E-state index is 0.134. The van der Waals surface area contributed by atoms with Gasteiger partial charge in [-0.05, 0) is 76.9 Å². The molecule has 0 aromatic heterocycles. The molecule has 3 unspecified atom stereocenters. The number of carbonyl (C=O) groups excluding carboxylic acids is 1. The molecule has 2 rings (SSSR count). The van der Waals surface area contributed by atoms with Crippen LogP contribution in [-0.2, 0) is 29.2 Å². The largest absolute Gasteiger partial charge is 0.465 e. The average Bonchev–Trinajstić information content (AvgIpc) is 2.80. The molecule has 7 nitrogen and oxygen atoms in total. The fourth-order valence-electron chi connectivity index (χ4n) is 3.88. The first-order valence-corrected chi connectivity index (χ1v) is 12.3. The van der Waals surface area contributed by atoms with Crippen molar-refractivity contribution in [3.8, 4) is 11.5 Å². The molecule has 0 aliphatic rings. The minimum atomic E-state index is -0.656. The molecule has 35 heavy (non-hydrogen) atoms. The lowest BCUT2D eigenvalue weighted by molar-refractivity contribution is -0.174. The van der Waals surface area contributed by atoms with E-state index in [1.807, 2.05) is 90.1 Å². The second kappa shape index (κ2) is 14.1. The Morgan fingerprint density at radius 1 is 0.686 bits per heavy atom. The number of hydrogen-bond acceptors (Lipinski definition) is 7. The van der Waals surface area contributed by atoms with Crippen molar-refractivity contribution in [2.75, 3.05) is 19.8 Å². The van der Waals surface area contributed by atoms with E-state index in [0.29, 0.717) is 31.3 Å². The summed E-state index contributed by atoms with van der Waals surface area (Å²) in [7, 11) is 0. The molecular formula is C28H40O7. The van der Waals surface area contributed by atoms with Gasteiger partial charge in [0.05, 0.1) is 6.42 Å². The first-order chi connectivity index (χ1) is 16.7. The van der Waals surface area contributed by atoms with E-state index in [1.165, 1.54) is 0 Å². The molecule has 0 spiro atoms. The van der Waals surface area contributed by atoms with E-state index in [1.54, 1.807) is 6.92 Å². The molecule has 0 saturated carbocycles. The van der Waals surface area contributed by atoms with Gasteiger partial charge in [-0.1, -0.05) is 31.2 Å². The average molecular weight is 489 g/mol. The summed E-state index contributed by atoms with van der Waals surface area (Å²) in [5, 5.41) is 0. The Hall–Kier alpha value is -2.61. The topological polar surface area (TPSA) is 72.5 Å². The molecule has 0 saturated heterocycles. The highest BCUT2D eigenvalue weighted by atomic mass is 16.7. The Labute approximate surface area is 209 Å². The Morgan fingerprint density at radius 2 is 1.06 bits per heavy atom. The normalized spacial score (nSPS) is 15.5. The molecule has 0 N–H and O–H groups in total. The maximum atomic E-state index is 12.9. The molecule has 0 amide bonds. The van der Waals surface area contributed by atoms with Gasteiger partial charge in [-0.2, -0.15) is 0 Å². The molecule has 194 valence electrons. The van der Waals surface area contributed by atoms with Crippen LogP contribution in [0, 0.1) is 0 Å². The van der Waals surface area contributed by atoms with Crippen LogP contribution in [0.25, 0.3) is 0 Å². The van der Waals surface area contributed by atoms with E-state index in [9.17, 15) is 4.79 Å². The molecule has 2 aromatic rings. The van der Waals surface area contributed by atoms with Crippen LogP contribution < -0.4 is 9.47 Å². The molecule has 0 radical (unpaired) electrons. The van der Waals surface area contributed by atoms with Crippen molar-refractivity contribution in [3.05, 3.63) is 59.7 Å². The molecular weight excluding hydrogens is 448 g/mol. The van der Waals surface area contributed by atoms with Crippen LogP contribution in [0.2, 0.25) is 0 Å². The van der Waals surface area contributed by atoms with Gasteiger partial charge in [0, 0.05) is 25.2 Å². The van der Waals surface area contributed by atoms with E-state index < -0.39 is 11.7 Å². The lowest BCUT2D eigenvalue weighted by Gasteiger charge is -2.31. The predicted molar refractivity (Wildman–Crippen MR) is 135 cm³/mol. The summed E-state index contributed by atoms with van der Waals surface area (Å²) in [4.78, 5) is 12.9. The first kappa shape index (κ1) is 28.6. The van der Waals surface area contributed by atoms with Crippen LogP contribution in [0.4, 0.5) is 0 Å². The van der Waals surface area contributed by atoms with Gasteiger partial charge in [-0.15, -0.1) is 0 Å². The van der Waals surface area contributed by atoms with E-state index in [4.69, 9.17) is 28.4 Å². The number of esters is 1. The van der Waals surface area contributed by atoms with Crippen LogP contribution in [0.5, 0.6) is 11.5 Å². The quantitative estimate of drug-likeness (QED) is 0.231. The van der Waals surface area contributed by atoms with Crippen molar-refractivity contribution in [1.82, 2.24) is 0 Å². The third kappa shape index (κ3) is 8.84. The van der Waals surface area contributed by atoms with Crippen molar-refractivity contribution in [2.24, 2.45) is 0 Å². The smallest absolute Gasteiger partial charge is 0.309 e. The third-order valence-corrected chi connectivity index (χ3v) is 5.59. The van der Waals surface area contributed by atoms with Crippen LogP contribution in [0.3, 0.4) is 0 Å². The number of rotatable bonds is 15. The molecule has 0 heterocycles. The number of ether oxygens (including phenoxy) is 6. The summed E-state index contributed by atoms with van der Waals surface area (Å²) in [6.45, 7) is 14.8. The van der Waals surface area contributed by atoms with Gasteiger partial charge in [0.2, 0.25) is 0 Å². The maximum absolute atomic E-state index is 12.9. The van der Waals surface area contributed by atoms with Crippen molar-refractivity contribution in [2.45, 2.75) is 79.2 Å². The number of carbonyl (C=O) groups is 1. The van der Waals surface area contributed by atoms with E-state index in [-0.39, 0.29) is 25.0 Å². The second-order valence-corrected chi connectivity index (χ2v) is 8.35. The van der Waals surface area contributed by atoms with E-state index in [0.717, 1.165) is 11.1 Å². The van der Waals surface area contributed by atoms with Crippen molar-refractivity contribution >= 4 is 5.97 Å². The highest BCUT2D eigenvalue weighted by Crippen LogP contribution is 2.37. The molecule has 2 aromatic carbocycles. The van der Waals surface area contributed by atoms with Crippen molar-refractivity contribution in [3.63, 3.8) is 0 Å².